The van der Waals surface area contributed by atoms with Gasteiger partial charge in [-0.05, 0) is 32.0 Å². The molecule has 0 spiro atoms. The SMILES string of the molecule is CC(C)=CC(=O)NS(=O)(=O)c1ccc(F)c(C(F)(F)F)c1. The van der Waals surface area contributed by atoms with Crippen LogP contribution in [0, 0.1) is 5.82 Å². The van der Waals surface area contributed by atoms with Crippen molar-refractivity contribution in [2.45, 2.75) is 24.9 Å². The molecule has 21 heavy (non-hydrogen) atoms. The molecule has 1 N–H and O–H groups in total. The van der Waals surface area contributed by atoms with Gasteiger partial charge in [0.2, 0.25) is 0 Å². The first-order valence-corrected chi connectivity index (χ1v) is 7.00. The number of alkyl halides is 3. The summed E-state index contributed by atoms with van der Waals surface area (Å²) in [5.74, 6) is -2.61. The fraction of sp³-hybridized carbons (Fsp3) is 0.250. The van der Waals surface area contributed by atoms with Crippen LogP contribution in [0.3, 0.4) is 0 Å². The standard InChI is InChI=1S/C12H11F4NO3S/c1-7(2)5-11(18)17-21(19,20)8-3-4-10(13)9(6-8)12(14,15)16/h3-6H,1-2H3,(H,17,18). The van der Waals surface area contributed by atoms with Gasteiger partial charge >= 0.3 is 6.18 Å². The van der Waals surface area contributed by atoms with Crippen molar-refractivity contribution in [3.05, 3.63) is 41.2 Å². The van der Waals surface area contributed by atoms with Crippen LogP contribution in [0.4, 0.5) is 17.6 Å². The molecule has 1 rings (SSSR count). The largest absolute Gasteiger partial charge is 0.419 e. The highest BCUT2D eigenvalue weighted by Crippen LogP contribution is 2.32. The monoisotopic (exact) mass is 325 g/mol. The van der Waals surface area contributed by atoms with Crippen LogP contribution < -0.4 is 4.72 Å². The molecule has 1 amide bonds. The predicted octanol–water partition coefficient (Wildman–Crippen LogP) is 2.62. The number of carbonyl (C=O) groups is 1. The summed E-state index contributed by atoms with van der Waals surface area (Å²) in [5.41, 5.74) is -1.22. The Kier molecular flexibility index (Phi) is 4.77. The Morgan fingerprint density at radius 3 is 2.29 bits per heavy atom. The topological polar surface area (TPSA) is 63.2 Å². The molecule has 1 aromatic carbocycles. The van der Waals surface area contributed by atoms with E-state index in [1.165, 1.54) is 13.8 Å². The van der Waals surface area contributed by atoms with E-state index in [2.05, 4.69) is 0 Å². The summed E-state index contributed by atoms with van der Waals surface area (Å²) in [4.78, 5) is 10.5. The Morgan fingerprint density at radius 1 is 1.24 bits per heavy atom. The lowest BCUT2D eigenvalue weighted by atomic mass is 10.2. The lowest BCUT2D eigenvalue weighted by molar-refractivity contribution is -0.140. The van der Waals surface area contributed by atoms with Crippen LogP contribution >= 0.6 is 0 Å². The van der Waals surface area contributed by atoms with E-state index in [0.29, 0.717) is 17.7 Å². The number of sulfonamides is 1. The first-order chi connectivity index (χ1) is 9.43. The van der Waals surface area contributed by atoms with Crippen molar-refractivity contribution in [1.82, 2.24) is 4.72 Å². The highest BCUT2D eigenvalue weighted by Gasteiger charge is 2.35. The van der Waals surface area contributed by atoms with Crippen LogP contribution in [0.1, 0.15) is 19.4 Å². The van der Waals surface area contributed by atoms with Crippen molar-refractivity contribution in [1.29, 1.82) is 0 Å². The van der Waals surface area contributed by atoms with Crippen molar-refractivity contribution in [3.8, 4) is 0 Å². The average molecular weight is 325 g/mol. The number of nitrogens with one attached hydrogen (secondary N) is 1. The third-order valence-corrected chi connectivity index (χ3v) is 3.55. The van der Waals surface area contributed by atoms with E-state index < -0.39 is 38.4 Å². The number of hydrogen-bond donors (Lipinski definition) is 1. The minimum atomic E-state index is -5.04. The van der Waals surface area contributed by atoms with Crippen molar-refractivity contribution in [3.63, 3.8) is 0 Å². The molecule has 4 nitrogen and oxygen atoms in total. The zero-order chi connectivity index (χ0) is 16.4. The van der Waals surface area contributed by atoms with Gasteiger partial charge in [-0.15, -0.1) is 0 Å². The summed E-state index contributed by atoms with van der Waals surface area (Å²) in [5, 5.41) is 0. The molecule has 1 aromatic rings. The van der Waals surface area contributed by atoms with Crippen LogP contribution in [-0.2, 0) is 21.0 Å². The van der Waals surface area contributed by atoms with Gasteiger partial charge in [-0.3, -0.25) is 4.79 Å². The molecule has 0 aromatic heterocycles. The number of amides is 1. The van der Waals surface area contributed by atoms with Gasteiger partial charge in [-0.1, -0.05) is 5.57 Å². The number of allylic oxidation sites excluding steroid dienone is 1. The van der Waals surface area contributed by atoms with E-state index in [1.807, 2.05) is 0 Å². The van der Waals surface area contributed by atoms with Crippen molar-refractivity contribution in [2.24, 2.45) is 0 Å². The Morgan fingerprint density at radius 2 is 1.81 bits per heavy atom. The molecule has 0 aliphatic rings. The molecule has 0 bridgehead atoms. The minimum Gasteiger partial charge on any atom is -0.269 e. The lowest BCUT2D eigenvalue weighted by Gasteiger charge is -2.10. The summed E-state index contributed by atoms with van der Waals surface area (Å²) >= 11 is 0. The van der Waals surface area contributed by atoms with E-state index in [0.717, 1.165) is 6.08 Å². The maximum atomic E-state index is 13.1. The minimum absolute atomic E-state index is 0.132. The van der Waals surface area contributed by atoms with Gasteiger partial charge in [0.05, 0.1) is 10.5 Å². The van der Waals surface area contributed by atoms with Crippen LogP contribution in [0.2, 0.25) is 0 Å². The molecule has 0 fully saturated rings. The van der Waals surface area contributed by atoms with Crippen LogP contribution in [0.15, 0.2) is 34.7 Å². The summed E-state index contributed by atoms with van der Waals surface area (Å²) in [6.45, 7) is 3.07. The van der Waals surface area contributed by atoms with Crippen molar-refractivity contribution in [2.75, 3.05) is 0 Å². The van der Waals surface area contributed by atoms with E-state index in [9.17, 15) is 30.8 Å². The summed E-state index contributed by atoms with van der Waals surface area (Å²) in [6, 6.07) is 1.15. The zero-order valence-electron chi connectivity index (χ0n) is 11.0. The molecule has 0 saturated heterocycles. The molecule has 0 heterocycles. The van der Waals surface area contributed by atoms with E-state index in [1.54, 1.807) is 4.72 Å². The molecule has 9 heteroatoms. The second-order valence-corrected chi connectivity index (χ2v) is 6.01. The smallest absolute Gasteiger partial charge is 0.269 e. The molecule has 0 atom stereocenters. The Hall–Kier alpha value is -1.90. The van der Waals surface area contributed by atoms with Gasteiger partial charge in [0.1, 0.15) is 5.82 Å². The van der Waals surface area contributed by atoms with Gasteiger partial charge in [-0.25, -0.2) is 17.5 Å². The maximum Gasteiger partial charge on any atom is 0.419 e. The molecule has 0 unspecified atom stereocenters. The van der Waals surface area contributed by atoms with Crippen LogP contribution in [-0.4, -0.2) is 14.3 Å². The van der Waals surface area contributed by atoms with Gasteiger partial charge < -0.3 is 0 Å². The first kappa shape index (κ1) is 17.2. The van der Waals surface area contributed by atoms with Crippen molar-refractivity contribution >= 4 is 15.9 Å². The molecule has 116 valence electrons. The molecule has 0 saturated carbocycles. The summed E-state index contributed by atoms with van der Waals surface area (Å²) in [7, 11) is -4.52. The maximum absolute atomic E-state index is 13.1. The van der Waals surface area contributed by atoms with Gasteiger partial charge in [0, 0.05) is 6.08 Å². The third kappa shape index (κ3) is 4.55. The number of halogens is 4. The average Bonchev–Trinajstić information content (AvgIpc) is 2.25. The quantitative estimate of drug-likeness (QED) is 0.686. The summed E-state index contributed by atoms with van der Waals surface area (Å²) in [6.07, 6.45) is -4.08. The summed E-state index contributed by atoms with van der Waals surface area (Å²) < 4.78 is 75.7. The van der Waals surface area contributed by atoms with E-state index in [4.69, 9.17) is 0 Å². The van der Waals surface area contributed by atoms with Crippen LogP contribution in [0.5, 0.6) is 0 Å². The van der Waals surface area contributed by atoms with Gasteiger partial charge in [0.25, 0.3) is 15.9 Å². The Bertz CT molecular complexity index is 689. The molecular formula is C12H11F4NO3S. The molecule has 0 radical (unpaired) electrons. The highest BCUT2D eigenvalue weighted by molar-refractivity contribution is 7.90. The Labute approximate surface area is 118 Å². The number of rotatable bonds is 3. The fourth-order valence-corrected chi connectivity index (χ4v) is 2.33. The first-order valence-electron chi connectivity index (χ1n) is 5.52. The van der Waals surface area contributed by atoms with Crippen molar-refractivity contribution < 1.29 is 30.8 Å². The predicted molar refractivity (Wildman–Crippen MR) is 66.2 cm³/mol. The lowest BCUT2D eigenvalue weighted by Crippen LogP contribution is -2.29. The fourth-order valence-electron chi connectivity index (χ4n) is 1.37. The molecule has 0 aliphatic heterocycles. The third-order valence-electron chi connectivity index (χ3n) is 2.21. The highest BCUT2D eigenvalue weighted by atomic mass is 32.2. The molecule has 0 aliphatic carbocycles. The number of hydrogen-bond acceptors (Lipinski definition) is 3. The zero-order valence-corrected chi connectivity index (χ0v) is 11.8. The second kappa shape index (κ2) is 5.84. The van der Waals surface area contributed by atoms with Gasteiger partial charge in [0.15, 0.2) is 0 Å². The van der Waals surface area contributed by atoms with E-state index in [-0.39, 0.29) is 6.07 Å². The second-order valence-electron chi connectivity index (χ2n) is 4.33. The normalized spacial score (nSPS) is 11.9. The molecular weight excluding hydrogens is 314 g/mol. The van der Waals surface area contributed by atoms with E-state index >= 15 is 0 Å². The number of benzene rings is 1. The Balaban J connectivity index is 3.22. The van der Waals surface area contributed by atoms with Crippen LogP contribution in [0.25, 0.3) is 0 Å². The van der Waals surface area contributed by atoms with Gasteiger partial charge in [-0.2, -0.15) is 13.2 Å². The number of carbonyl (C=O) groups excluding carboxylic acids is 1.